The molecule has 1 aliphatic heterocycles. The van der Waals surface area contributed by atoms with E-state index in [0.717, 1.165) is 12.8 Å². The molecule has 1 saturated carbocycles. The summed E-state index contributed by atoms with van der Waals surface area (Å²) in [6.07, 6.45) is 2.03. The van der Waals surface area contributed by atoms with E-state index in [1.54, 1.807) is 12.0 Å². The van der Waals surface area contributed by atoms with Gasteiger partial charge in [0.05, 0.1) is 12.6 Å². The van der Waals surface area contributed by atoms with Gasteiger partial charge in [-0.2, -0.15) is 0 Å². The number of hydrogen-bond acceptors (Lipinski definition) is 3. The van der Waals surface area contributed by atoms with E-state index >= 15 is 0 Å². The highest BCUT2D eigenvalue weighted by Crippen LogP contribution is 2.45. The zero-order valence-corrected chi connectivity index (χ0v) is 13.1. The number of nitrogens with zero attached hydrogens (tertiary/aromatic N) is 1. The number of rotatable bonds is 5. The fourth-order valence-corrected chi connectivity index (χ4v) is 3.31. The summed E-state index contributed by atoms with van der Waals surface area (Å²) in [5.41, 5.74) is -0.722. The topological polar surface area (TPSA) is 58.6 Å². The summed E-state index contributed by atoms with van der Waals surface area (Å²) in [5, 5.41) is 2.93. The van der Waals surface area contributed by atoms with Gasteiger partial charge in [-0.25, -0.2) is 0 Å². The SMILES string of the molecule is COCC(C)N1C(=O)C(C(C)C)NC(=O)C1(C)C1CC1. The van der Waals surface area contributed by atoms with Crippen LogP contribution in [0.15, 0.2) is 0 Å². The molecule has 1 saturated heterocycles. The van der Waals surface area contributed by atoms with Crippen molar-refractivity contribution in [3.63, 3.8) is 0 Å². The van der Waals surface area contributed by atoms with Crippen LogP contribution in [0.2, 0.25) is 0 Å². The van der Waals surface area contributed by atoms with Gasteiger partial charge in [0.15, 0.2) is 0 Å². The highest BCUT2D eigenvalue weighted by atomic mass is 16.5. The van der Waals surface area contributed by atoms with E-state index in [0.29, 0.717) is 6.61 Å². The van der Waals surface area contributed by atoms with Gasteiger partial charge in [0, 0.05) is 7.11 Å². The molecule has 20 heavy (non-hydrogen) atoms. The Bertz CT molecular complexity index is 406. The van der Waals surface area contributed by atoms with Crippen molar-refractivity contribution >= 4 is 11.8 Å². The zero-order chi connectivity index (χ0) is 15.1. The molecule has 0 spiro atoms. The Labute approximate surface area is 121 Å². The lowest BCUT2D eigenvalue weighted by atomic mass is 9.84. The number of amides is 2. The van der Waals surface area contributed by atoms with Crippen molar-refractivity contribution < 1.29 is 14.3 Å². The number of nitrogens with one attached hydrogen (secondary N) is 1. The summed E-state index contributed by atoms with van der Waals surface area (Å²) in [6.45, 7) is 8.23. The van der Waals surface area contributed by atoms with Crippen molar-refractivity contribution in [3.8, 4) is 0 Å². The van der Waals surface area contributed by atoms with E-state index in [1.807, 2.05) is 27.7 Å². The van der Waals surface area contributed by atoms with E-state index in [2.05, 4.69) is 5.32 Å². The average molecular weight is 282 g/mol. The summed E-state index contributed by atoms with van der Waals surface area (Å²) in [6, 6.07) is -0.515. The molecular formula is C15H26N2O3. The van der Waals surface area contributed by atoms with Crippen molar-refractivity contribution in [1.82, 2.24) is 10.2 Å². The van der Waals surface area contributed by atoms with E-state index in [-0.39, 0.29) is 29.7 Å². The molecule has 1 N–H and O–H groups in total. The number of hydrogen-bond donors (Lipinski definition) is 1. The van der Waals surface area contributed by atoms with Crippen molar-refractivity contribution in [2.45, 2.75) is 58.2 Å². The molecule has 1 heterocycles. The van der Waals surface area contributed by atoms with Crippen molar-refractivity contribution in [2.75, 3.05) is 13.7 Å². The molecule has 5 heteroatoms. The monoisotopic (exact) mass is 282 g/mol. The summed E-state index contributed by atoms with van der Waals surface area (Å²) in [4.78, 5) is 27.3. The Kier molecular flexibility index (Phi) is 4.09. The van der Waals surface area contributed by atoms with Gasteiger partial charge in [-0.1, -0.05) is 13.8 Å². The lowest BCUT2D eigenvalue weighted by Gasteiger charge is -2.50. The zero-order valence-electron chi connectivity index (χ0n) is 13.1. The minimum atomic E-state index is -0.722. The number of ether oxygens (including phenoxy) is 1. The Balaban J connectivity index is 2.35. The second-order valence-electron chi connectivity index (χ2n) is 6.63. The minimum absolute atomic E-state index is 0.0127. The molecule has 0 aromatic heterocycles. The van der Waals surface area contributed by atoms with Crippen molar-refractivity contribution in [1.29, 1.82) is 0 Å². The molecule has 0 aromatic rings. The van der Waals surface area contributed by atoms with Crippen LogP contribution in [-0.4, -0.2) is 48.1 Å². The molecule has 3 atom stereocenters. The van der Waals surface area contributed by atoms with Crippen LogP contribution in [-0.2, 0) is 14.3 Å². The van der Waals surface area contributed by atoms with Crippen molar-refractivity contribution in [2.24, 2.45) is 11.8 Å². The lowest BCUT2D eigenvalue weighted by molar-refractivity contribution is -0.164. The number of methoxy groups -OCH3 is 1. The molecule has 2 amide bonds. The van der Waals surface area contributed by atoms with Gasteiger partial charge < -0.3 is 15.0 Å². The van der Waals surface area contributed by atoms with E-state index < -0.39 is 11.6 Å². The number of carbonyl (C=O) groups is 2. The first-order chi connectivity index (χ1) is 9.33. The molecule has 0 bridgehead atoms. The first-order valence-corrected chi connectivity index (χ1v) is 7.47. The summed E-state index contributed by atoms with van der Waals surface area (Å²) < 4.78 is 5.20. The highest BCUT2D eigenvalue weighted by molar-refractivity contribution is 6.00. The Morgan fingerprint density at radius 2 is 1.95 bits per heavy atom. The summed E-state index contributed by atoms with van der Waals surface area (Å²) >= 11 is 0. The van der Waals surface area contributed by atoms with Gasteiger partial charge in [0.25, 0.3) is 0 Å². The molecule has 1 aliphatic carbocycles. The number of carbonyl (C=O) groups excluding carboxylic acids is 2. The molecule has 0 aromatic carbocycles. The smallest absolute Gasteiger partial charge is 0.246 e. The van der Waals surface area contributed by atoms with Gasteiger partial charge in [-0.3, -0.25) is 9.59 Å². The first-order valence-electron chi connectivity index (χ1n) is 7.47. The van der Waals surface area contributed by atoms with Crippen LogP contribution in [0.3, 0.4) is 0 Å². The van der Waals surface area contributed by atoms with E-state index in [9.17, 15) is 9.59 Å². The van der Waals surface area contributed by atoms with Crippen LogP contribution in [0.1, 0.15) is 40.5 Å². The summed E-state index contributed by atoms with van der Waals surface area (Å²) in [5.74, 6) is 0.381. The maximum atomic E-state index is 12.8. The van der Waals surface area contributed by atoms with Crippen molar-refractivity contribution in [3.05, 3.63) is 0 Å². The third-order valence-electron chi connectivity index (χ3n) is 4.64. The van der Waals surface area contributed by atoms with Gasteiger partial charge in [0.2, 0.25) is 11.8 Å². The molecule has 2 aliphatic rings. The standard InChI is InChI=1S/C15H26N2O3/c1-9(2)12-13(18)17(10(3)8-20-5)15(4,11-6-7-11)14(19)16-12/h9-12H,6-8H2,1-5H3,(H,16,19). The molecule has 5 nitrogen and oxygen atoms in total. The third-order valence-corrected chi connectivity index (χ3v) is 4.64. The van der Waals surface area contributed by atoms with Crippen LogP contribution in [0.5, 0.6) is 0 Å². The highest BCUT2D eigenvalue weighted by Gasteiger charge is 2.58. The van der Waals surface area contributed by atoms with Crippen LogP contribution in [0.25, 0.3) is 0 Å². The maximum Gasteiger partial charge on any atom is 0.246 e. The molecule has 2 fully saturated rings. The fourth-order valence-electron chi connectivity index (χ4n) is 3.31. The average Bonchev–Trinajstić information content (AvgIpc) is 3.18. The number of piperazine rings is 1. The van der Waals surface area contributed by atoms with Crippen LogP contribution < -0.4 is 5.32 Å². The van der Waals surface area contributed by atoms with Crippen LogP contribution in [0, 0.1) is 11.8 Å². The van der Waals surface area contributed by atoms with E-state index in [4.69, 9.17) is 4.74 Å². The molecule has 0 radical (unpaired) electrons. The third kappa shape index (κ3) is 2.32. The Morgan fingerprint density at radius 1 is 1.35 bits per heavy atom. The predicted molar refractivity (Wildman–Crippen MR) is 76.1 cm³/mol. The lowest BCUT2D eigenvalue weighted by Crippen LogP contribution is -2.73. The Hall–Kier alpha value is -1.10. The second kappa shape index (κ2) is 5.35. The Morgan fingerprint density at radius 3 is 2.40 bits per heavy atom. The molecule has 2 rings (SSSR count). The van der Waals surface area contributed by atoms with Crippen LogP contribution in [0.4, 0.5) is 0 Å². The van der Waals surface area contributed by atoms with Crippen LogP contribution >= 0.6 is 0 Å². The quantitative estimate of drug-likeness (QED) is 0.823. The van der Waals surface area contributed by atoms with Gasteiger partial charge in [-0.05, 0) is 38.5 Å². The second-order valence-corrected chi connectivity index (χ2v) is 6.63. The molecule has 114 valence electrons. The normalized spacial score (nSPS) is 32.5. The van der Waals surface area contributed by atoms with E-state index in [1.165, 1.54) is 0 Å². The van der Waals surface area contributed by atoms with Gasteiger partial charge in [-0.15, -0.1) is 0 Å². The first kappa shape index (κ1) is 15.3. The predicted octanol–water partition coefficient (Wildman–Crippen LogP) is 1.17. The maximum absolute atomic E-state index is 12.8. The van der Waals surface area contributed by atoms with Gasteiger partial charge in [0.1, 0.15) is 11.6 Å². The molecule has 3 unspecified atom stereocenters. The summed E-state index contributed by atoms with van der Waals surface area (Å²) in [7, 11) is 1.62. The largest absolute Gasteiger partial charge is 0.383 e. The molecular weight excluding hydrogens is 256 g/mol. The van der Waals surface area contributed by atoms with Gasteiger partial charge >= 0.3 is 0 Å². The fraction of sp³-hybridized carbons (Fsp3) is 0.867. The minimum Gasteiger partial charge on any atom is -0.383 e.